The second-order valence-corrected chi connectivity index (χ2v) is 9.79. The average molecular weight is 516 g/mol. The lowest BCUT2D eigenvalue weighted by molar-refractivity contribution is -0.138. The number of nitriles is 1. The molecule has 0 radical (unpaired) electrons. The molecule has 0 atom stereocenters. The molecule has 36 heavy (non-hydrogen) atoms. The zero-order valence-electron chi connectivity index (χ0n) is 20.1. The van der Waals surface area contributed by atoms with Crippen molar-refractivity contribution in [3.8, 4) is 6.07 Å². The van der Waals surface area contributed by atoms with Gasteiger partial charge in [-0.2, -0.15) is 18.4 Å². The smallest absolute Gasteiger partial charge is 0.321 e. The molecule has 0 saturated heterocycles. The third-order valence-corrected chi connectivity index (χ3v) is 7.24. The van der Waals surface area contributed by atoms with Gasteiger partial charge in [-0.25, -0.2) is 0 Å². The summed E-state index contributed by atoms with van der Waals surface area (Å²) in [6.45, 7) is 3.84. The second-order valence-electron chi connectivity index (χ2n) is 9.53. The number of amides is 1. The van der Waals surface area contributed by atoms with Gasteiger partial charge in [0.15, 0.2) is 0 Å². The van der Waals surface area contributed by atoms with Crippen molar-refractivity contribution in [1.29, 1.82) is 5.26 Å². The Morgan fingerprint density at radius 3 is 2.50 bits per heavy atom. The molecular formula is C26H25ClF3N5O. The van der Waals surface area contributed by atoms with Crippen LogP contribution in [0.4, 0.5) is 18.9 Å². The number of aryl methyl sites for hydroxylation is 2. The number of halogens is 4. The summed E-state index contributed by atoms with van der Waals surface area (Å²) in [7, 11) is 1.91. The number of fused-ring (bicyclic) bond motifs is 1. The molecule has 1 aromatic heterocycles. The van der Waals surface area contributed by atoms with E-state index < -0.39 is 17.6 Å². The molecule has 0 unspecified atom stereocenters. The van der Waals surface area contributed by atoms with Gasteiger partial charge < -0.3 is 9.47 Å². The van der Waals surface area contributed by atoms with E-state index in [2.05, 4.69) is 23.2 Å². The Labute approximate surface area is 212 Å². The molecule has 188 valence electrons. The lowest BCUT2D eigenvalue weighted by Gasteiger charge is -2.43. The van der Waals surface area contributed by atoms with Crippen molar-refractivity contribution < 1.29 is 18.0 Å². The summed E-state index contributed by atoms with van der Waals surface area (Å²) in [5, 5.41) is 16.4. The molecule has 2 heterocycles. The van der Waals surface area contributed by atoms with E-state index in [-0.39, 0.29) is 40.4 Å². The van der Waals surface area contributed by atoms with E-state index in [9.17, 15) is 18.0 Å². The third-order valence-electron chi connectivity index (χ3n) is 6.93. The second kappa shape index (κ2) is 9.58. The molecule has 3 aromatic rings. The lowest BCUT2D eigenvalue weighted by Crippen LogP contribution is -2.38. The number of carbonyl (C=O) groups excluding carboxylic acids is 1. The van der Waals surface area contributed by atoms with Gasteiger partial charge in [0.1, 0.15) is 12.2 Å². The molecule has 1 saturated carbocycles. The zero-order chi connectivity index (χ0) is 26.3. The summed E-state index contributed by atoms with van der Waals surface area (Å²) >= 11 is 5.75. The van der Waals surface area contributed by atoms with Crippen LogP contribution in [-0.2, 0) is 31.1 Å². The third kappa shape index (κ3) is 4.82. The lowest BCUT2D eigenvalue weighted by atomic mass is 9.60. The fourth-order valence-electron chi connectivity index (χ4n) is 4.75. The molecule has 2 aliphatic rings. The van der Waals surface area contributed by atoms with Crippen LogP contribution in [-0.4, -0.2) is 20.7 Å². The molecule has 2 aromatic carbocycles. The predicted octanol–water partition coefficient (Wildman–Crippen LogP) is 5.92. The Hall–Kier alpha value is -3.38. The fourth-order valence-corrected chi connectivity index (χ4v) is 4.91. The van der Waals surface area contributed by atoms with E-state index in [1.807, 2.05) is 30.7 Å². The molecule has 5 rings (SSSR count). The van der Waals surface area contributed by atoms with E-state index in [0.29, 0.717) is 5.69 Å². The van der Waals surface area contributed by atoms with Crippen LogP contribution in [0.1, 0.15) is 58.2 Å². The quantitative estimate of drug-likeness (QED) is 0.406. The normalized spacial score (nSPS) is 20.8. The maximum absolute atomic E-state index is 13.6. The summed E-state index contributed by atoms with van der Waals surface area (Å²) < 4.78 is 42.5. The molecule has 0 bridgehead atoms. The van der Waals surface area contributed by atoms with Crippen LogP contribution in [0.3, 0.4) is 0 Å². The highest BCUT2D eigenvalue weighted by atomic mass is 35.5. The van der Waals surface area contributed by atoms with Crippen LogP contribution in [0.2, 0.25) is 0 Å². The van der Waals surface area contributed by atoms with Gasteiger partial charge in [-0.15, -0.1) is 21.8 Å². The molecule has 1 amide bonds. The van der Waals surface area contributed by atoms with Gasteiger partial charge in [-0.05, 0) is 66.1 Å². The summed E-state index contributed by atoms with van der Waals surface area (Å²) in [6, 6.07) is 12.1. The number of benzene rings is 2. The van der Waals surface area contributed by atoms with Crippen LogP contribution in [0.5, 0.6) is 0 Å². The van der Waals surface area contributed by atoms with Gasteiger partial charge in [0.25, 0.3) is 5.91 Å². The fraction of sp³-hybridized carbons (Fsp3) is 0.385. The van der Waals surface area contributed by atoms with Gasteiger partial charge in [0, 0.05) is 30.1 Å². The molecule has 1 aliphatic heterocycles. The van der Waals surface area contributed by atoms with E-state index in [1.165, 1.54) is 11.0 Å². The highest BCUT2D eigenvalue weighted by Crippen LogP contribution is 2.48. The van der Waals surface area contributed by atoms with Crippen molar-refractivity contribution in [2.75, 3.05) is 4.90 Å². The van der Waals surface area contributed by atoms with E-state index >= 15 is 0 Å². The predicted molar refractivity (Wildman–Crippen MR) is 129 cm³/mol. The topological polar surface area (TPSA) is 74.8 Å². The van der Waals surface area contributed by atoms with Crippen LogP contribution in [0, 0.1) is 24.2 Å². The Kier molecular flexibility index (Phi) is 6.84. The van der Waals surface area contributed by atoms with E-state index in [0.717, 1.165) is 30.3 Å². The van der Waals surface area contributed by atoms with Crippen molar-refractivity contribution in [2.24, 2.45) is 13.0 Å². The highest BCUT2D eigenvalue weighted by Gasteiger charge is 2.43. The molecule has 1 aliphatic carbocycles. The standard InChI is InChI=1S/C22H18ClF3N2O.C4H7N3/c1-21(8-14(9-21)11-27)15-3-2-4-16(7-15)28-12-18-17(20(28)29)5-13(10-23)6-19(18)22(24,25)26;1-4-6-5-3-7(4)2/h2-7,14H,8-10,12H2,1H3;3H,1-2H3. The minimum atomic E-state index is -4.56. The first-order valence-corrected chi connectivity index (χ1v) is 11.9. The Morgan fingerprint density at radius 1 is 1.25 bits per heavy atom. The number of rotatable bonds is 3. The van der Waals surface area contributed by atoms with Crippen LogP contribution >= 0.6 is 11.6 Å². The first-order valence-electron chi connectivity index (χ1n) is 11.4. The van der Waals surface area contributed by atoms with Crippen molar-refractivity contribution in [1.82, 2.24) is 14.8 Å². The number of aromatic nitrogens is 3. The minimum Gasteiger partial charge on any atom is -0.321 e. The van der Waals surface area contributed by atoms with Crippen LogP contribution in [0.15, 0.2) is 42.7 Å². The summed E-state index contributed by atoms with van der Waals surface area (Å²) in [6.07, 6.45) is -1.41. The van der Waals surface area contributed by atoms with Gasteiger partial charge in [0.05, 0.1) is 18.2 Å². The van der Waals surface area contributed by atoms with Gasteiger partial charge >= 0.3 is 6.18 Å². The van der Waals surface area contributed by atoms with Crippen molar-refractivity contribution >= 4 is 23.2 Å². The van der Waals surface area contributed by atoms with Gasteiger partial charge in [-0.1, -0.05) is 19.1 Å². The Bertz CT molecular complexity index is 1320. The number of alkyl halides is 4. The molecular weight excluding hydrogens is 491 g/mol. The number of anilines is 1. The minimum absolute atomic E-state index is 0.0128. The monoisotopic (exact) mass is 515 g/mol. The van der Waals surface area contributed by atoms with Crippen molar-refractivity contribution in [3.05, 3.63) is 76.4 Å². The Balaban J connectivity index is 0.000000375. The van der Waals surface area contributed by atoms with E-state index in [1.54, 1.807) is 18.5 Å². The number of nitrogens with zero attached hydrogens (tertiary/aromatic N) is 5. The molecule has 10 heteroatoms. The Morgan fingerprint density at radius 2 is 1.97 bits per heavy atom. The number of hydrogen-bond donors (Lipinski definition) is 0. The van der Waals surface area contributed by atoms with Crippen LogP contribution < -0.4 is 4.90 Å². The van der Waals surface area contributed by atoms with Gasteiger partial charge in [0.2, 0.25) is 0 Å². The van der Waals surface area contributed by atoms with Crippen LogP contribution in [0.25, 0.3) is 0 Å². The maximum atomic E-state index is 13.6. The van der Waals surface area contributed by atoms with Crippen molar-refractivity contribution in [3.63, 3.8) is 0 Å². The molecule has 1 fully saturated rings. The first-order chi connectivity index (χ1) is 17.0. The summed E-state index contributed by atoms with van der Waals surface area (Å²) in [5.41, 5.74) is 0.899. The SMILES string of the molecule is CC1(c2cccc(N3Cc4c(cc(CCl)cc4C(F)(F)F)C3=O)c2)CC(C#N)C1.Cc1nncn1C. The zero-order valence-corrected chi connectivity index (χ0v) is 20.9. The maximum Gasteiger partial charge on any atom is 0.416 e. The van der Waals surface area contributed by atoms with E-state index in [4.69, 9.17) is 16.9 Å². The van der Waals surface area contributed by atoms with Gasteiger partial charge in [-0.3, -0.25) is 4.79 Å². The highest BCUT2D eigenvalue weighted by molar-refractivity contribution is 6.17. The number of carbonyl (C=O) groups is 1. The molecule has 0 spiro atoms. The first kappa shape index (κ1) is 25.7. The summed E-state index contributed by atoms with van der Waals surface area (Å²) in [4.78, 5) is 14.3. The average Bonchev–Trinajstić information content (AvgIpc) is 3.37. The van der Waals surface area contributed by atoms with Crippen molar-refractivity contribution in [2.45, 2.75) is 50.7 Å². The summed E-state index contributed by atoms with van der Waals surface area (Å²) in [5.74, 6) is 0.408. The molecule has 6 nitrogen and oxygen atoms in total. The number of hydrogen-bond acceptors (Lipinski definition) is 4. The molecule has 0 N–H and O–H groups in total. The largest absolute Gasteiger partial charge is 0.416 e.